The van der Waals surface area contributed by atoms with E-state index in [1.54, 1.807) is 0 Å². The number of hydrogen-bond donors (Lipinski definition) is 0. The van der Waals surface area contributed by atoms with Crippen LogP contribution >= 0.6 is 0 Å². The van der Waals surface area contributed by atoms with Gasteiger partial charge < -0.3 is 18.9 Å². The molecule has 4 rings (SSSR count). The van der Waals surface area contributed by atoms with Crippen LogP contribution in [0.15, 0.2) is 36.5 Å². The van der Waals surface area contributed by atoms with Crippen molar-refractivity contribution in [1.82, 2.24) is 9.88 Å². The highest BCUT2D eigenvalue weighted by Crippen LogP contribution is 2.38. The molecule has 1 aromatic carbocycles. The van der Waals surface area contributed by atoms with Crippen LogP contribution in [0.2, 0.25) is 0 Å². The molecule has 2 aliphatic heterocycles. The van der Waals surface area contributed by atoms with Crippen molar-refractivity contribution in [2.45, 2.75) is 39.0 Å². The van der Waals surface area contributed by atoms with Crippen LogP contribution in [-0.2, 0) is 17.8 Å². The van der Waals surface area contributed by atoms with Gasteiger partial charge in [-0.3, -0.25) is 9.88 Å². The number of aromatic nitrogens is 1. The average molecular weight is 370 g/mol. The zero-order chi connectivity index (χ0) is 18.5. The monoisotopic (exact) mass is 370 g/mol. The fourth-order valence-corrected chi connectivity index (χ4v) is 3.60. The van der Waals surface area contributed by atoms with E-state index in [2.05, 4.69) is 16.0 Å². The molecule has 1 atom stereocenters. The third kappa shape index (κ3) is 4.51. The molecule has 0 bridgehead atoms. The second-order valence-electron chi connectivity index (χ2n) is 6.87. The Morgan fingerprint density at radius 3 is 2.81 bits per heavy atom. The van der Waals surface area contributed by atoms with Gasteiger partial charge >= 0.3 is 0 Å². The topological polar surface area (TPSA) is 53.1 Å². The molecule has 2 aliphatic rings. The fraction of sp³-hybridized carbons (Fsp3) is 0.476. The van der Waals surface area contributed by atoms with Crippen molar-refractivity contribution in [3.63, 3.8) is 0 Å². The van der Waals surface area contributed by atoms with Crippen LogP contribution < -0.4 is 14.2 Å². The molecule has 0 N–H and O–H groups in total. The summed E-state index contributed by atoms with van der Waals surface area (Å²) < 4.78 is 22.8. The van der Waals surface area contributed by atoms with Gasteiger partial charge in [-0.25, -0.2) is 0 Å². The lowest BCUT2D eigenvalue weighted by Crippen LogP contribution is -2.32. The van der Waals surface area contributed by atoms with Crippen LogP contribution in [0.3, 0.4) is 0 Å². The highest BCUT2D eigenvalue weighted by molar-refractivity contribution is 5.51. The van der Waals surface area contributed by atoms with Crippen LogP contribution in [0.5, 0.6) is 17.2 Å². The Hall–Kier alpha value is -2.31. The summed E-state index contributed by atoms with van der Waals surface area (Å²) in [7, 11) is 0. The van der Waals surface area contributed by atoms with Gasteiger partial charge in [-0.1, -0.05) is 6.07 Å². The molecule has 0 amide bonds. The van der Waals surface area contributed by atoms with Crippen LogP contribution in [0, 0.1) is 0 Å². The van der Waals surface area contributed by atoms with E-state index in [9.17, 15) is 0 Å². The summed E-state index contributed by atoms with van der Waals surface area (Å²) in [5.41, 5.74) is 2.14. The Morgan fingerprint density at radius 1 is 1.19 bits per heavy atom. The molecule has 2 aromatic rings. The van der Waals surface area contributed by atoms with Gasteiger partial charge in [0.05, 0.1) is 18.4 Å². The smallest absolute Gasteiger partial charge is 0.231 e. The second-order valence-corrected chi connectivity index (χ2v) is 6.87. The highest BCUT2D eigenvalue weighted by atomic mass is 16.7. The number of rotatable bonds is 8. The van der Waals surface area contributed by atoms with Gasteiger partial charge in [0.1, 0.15) is 5.75 Å². The van der Waals surface area contributed by atoms with Crippen LogP contribution in [-0.4, -0.2) is 42.5 Å². The Balaban J connectivity index is 1.56. The molecule has 0 aliphatic carbocycles. The summed E-state index contributed by atoms with van der Waals surface area (Å²) in [4.78, 5) is 6.87. The maximum absolute atomic E-state index is 5.87. The van der Waals surface area contributed by atoms with E-state index in [0.29, 0.717) is 6.61 Å². The number of ether oxygens (including phenoxy) is 4. The van der Waals surface area contributed by atoms with Crippen LogP contribution in [0.1, 0.15) is 31.0 Å². The lowest BCUT2D eigenvalue weighted by atomic mass is 10.1. The lowest BCUT2D eigenvalue weighted by Gasteiger charge is -2.26. The van der Waals surface area contributed by atoms with Crippen molar-refractivity contribution in [3.05, 3.63) is 47.8 Å². The molecule has 0 spiro atoms. The SMILES string of the molecule is CCOc1cc2c(cc1CN(Cc1ccccn1)CC1CCCO1)OCO2. The Bertz CT molecular complexity index is 747. The largest absolute Gasteiger partial charge is 0.493 e. The predicted octanol–water partition coefficient (Wildman–Crippen LogP) is 3.39. The van der Waals surface area contributed by atoms with E-state index in [0.717, 1.165) is 67.6 Å². The van der Waals surface area contributed by atoms with Crippen LogP contribution in [0.4, 0.5) is 0 Å². The fourth-order valence-electron chi connectivity index (χ4n) is 3.60. The zero-order valence-corrected chi connectivity index (χ0v) is 15.7. The van der Waals surface area contributed by atoms with Gasteiger partial charge in [0.2, 0.25) is 6.79 Å². The average Bonchev–Trinajstić information content (AvgIpc) is 3.34. The first kappa shape index (κ1) is 18.1. The molecular weight excluding hydrogens is 344 g/mol. The standard InChI is InChI=1S/C21H26N2O4/c1-2-24-19-11-21-20(26-15-27-21)10-16(19)12-23(14-18-7-5-9-25-18)13-17-6-3-4-8-22-17/h3-4,6,8,10-11,18H,2,5,7,9,12-15H2,1H3. The van der Waals surface area contributed by atoms with Crippen molar-refractivity contribution < 1.29 is 18.9 Å². The maximum Gasteiger partial charge on any atom is 0.231 e. The Kier molecular flexibility index (Phi) is 5.75. The first-order valence-corrected chi connectivity index (χ1v) is 9.61. The van der Waals surface area contributed by atoms with Gasteiger partial charge in [-0.05, 0) is 38.0 Å². The molecule has 1 unspecified atom stereocenters. The molecule has 0 radical (unpaired) electrons. The number of pyridine rings is 1. The predicted molar refractivity (Wildman–Crippen MR) is 101 cm³/mol. The highest BCUT2D eigenvalue weighted by Gasteiger charge is 2.23. The summed E-state index contributed by atoms with van der Waals surface area (Å²) in [5.74, 6) is 2.38. The number of fused-ring (bicyclic) bond motifs is 1. The number of hydrogen-bond acceptors (Lipinski definition) is 6. The minimum Gasteiger partial charge on any atom is -0.493 e. The van der Waals surface area contributed by atoms with Gasteiger partial charge in [0.15, 0.2) is 11.5 Å². The summed E-state index contributed by atoms with van der Waals surface area (Å²) in [6, 6.07) is 10.0. The number of benzene rings is 1. The second kappa shape index (κ2) is 8.59. The Morgan fingerprint density at radius 2 is 2.07 bits per heavy atom. The van der Waals surface area contributed by atoms with Gasteiger partial charge in [-0.15, -0.1) is 0 Å². The van der Waals surface area contributed by atoms with Crippen molar-refractivity contribution in [2.75, 3.05) is 26.6 Å². The molecule has 1 aromatic heterocycles. The summed E-state index contributed by atoms with van der Waals surface area (Å²) in [5, 5.41) is 0. The molecule has 3 heterocycles. The van der Waals surface area contributed by atoms with Gasteiger partial charge in [-0.2, -0.15) is 0 Å². The van der Waals surface area contributed by atoms with Crippen molar-refractivity contribution >= 4 is 0 Å². The van der Waals surface area contributed by atoms with Gasteiger partial charge in [0.25, 0.3) is 0 Å². The van der Waals surface area contributed by atoms with E-state index >= 15 is 0 Å². The summed E-state index contributed by atoms with van der Waals surface area (Å²) in [6.07, 6.45) is 4.36. The van der Waals surface area contributed by atoms with Crippen molar-refractivity contribution in [2.24, 2.45) is 0 Å². The van der Waals surface area contributed by atoms with E-state index in [-0.39, 0.29) is 12.9 Å². The van der Waals surface area contributed by atoms with Crippen molar-refractivity contribution in [1.29, 1.82) is 0 Å². The molecule has 1 saturated heterocycles. The van der Waals surface area contributed by atoms with Gasteiger partial charge in [0, 0.05) is 44.1 Å². The summed E-state index contributed by atoms with van der Waals surface area (Å²) in [6.45, 7) is 6.10. The molecule has 1 fully saturated rings. The minimum absolute atomic E-state index is 0.262. The molecule has 27 heavy (non-hydrogen) atoms. The van der Waals surface area contributed by atoms with E-state index in [1.807, 2.05) is 37.4 Å². The zero-order valence-electron chi connectivity index (χ0n) is 15.7. The minimum atomic E-state index is 0.262. The molecule has 6 nitrogen and oxygen atoms in total. The first-order valence-electron chi connectivity index (χ1n) is 9.61. The molecule has 0 saturated carbocycles. The molecule has 144 valence electrons. The van der Waals surface area contributed by atoms with E-state index < -0.39 is 0 Å². The lowest BCUT2D eigenvalue weighted by molar-refractivity contribution is 0.0671. The maximum atomic E-state index is 5.87. The van der Waals surface area contributed by atoms with E-state index in [4.69, 9.17) is 18.9 Å². The number of nitrogens with zero attached hydrogens (tertiary/aromatic N) is 2. The first-order chi connectivity index (χ1) is 13.3. The quantitative estimate of drug-likeness (QED) is 0.710. The Labute approximate surface area is 160 Å². The molecule has 6 heteroatoms. The van der Waals surface area contributed by atoms with E-state index in [1.165, 1.54) is 0 Å². The van der Waals surface area contributed by atoms with Crippen molar-refractivity contribution in [3.8, 4) is 17.2 Å². The molecular formula is C21H26N2O4. The summed E-state index contributed by atoms with van der Waals surface area (Å²) >= 11 is 0. The van der Waals surface area contributed by atoms with Crippen LogP contribution in [0.25, 0.3) is 0 Å². The third-order valence-electron chi connectivity index (χ3n) is 4.85. The normalized spacial score (nSPS) is 18.2. The third-order valence-corrected chi connectivity index (χ3v) is 4.85.